The van der Waals surface area contributed by atoms with E-state index >= 15 is 0 Å². The molecule has 0 atom stereocenters. The highest BCUT2D eigenvalue weighted by molar-refractivity contribution is 7.86. The third-order valence-electron chi connectivity index (χ3n) is 4.24. The summed E-state index contributed by atoms with van der Waals surface area (Å²) in [5.74, 6) is -0.682. The van der Waals surface area contributed by atoms with Gasteiger partial charge in [-0.25, -0.2) is 0 Å². The molecule has 0 saturated carbocycles. The third kappa shape index (κ3) is 6.66. The van der Waals surface area contributed by atoms with Crippen molar-refractivity contribution in [2.45, 2.75) is 11.1 Å². The van der Waals surface area contributed by atoms with Crippen LogP contribution in [-0.2, 0) is 24.5 Å². The molecular weight excluding hydrogens is 487 g/mol. The van der Waals surface area contributed by atoms with Crippen LogP contribution in [0.3, 0.4) is 0 Å². The Bertz CT molecular complexity index is 1390. The summed E-state index contributed by atoms with van der Waals surface area (Å²) >= 11 is 0. The van der Waals surface area contributed by atoms with Gasteiger partial charge in [-0.05, 0) is 47.2 Å². The van der Waals surface area contributed by atoms with Crippen molar-refractivity contribution in [1.82, 2.24) is 0 Å². The molecule has 0 saturated heterocycles. The molecule has 0 radical (unpaired) electrons. The Morgan fingerprint density at radius 3 is 2.15 bits per heavy atom. The zero-order valence-corrected chi connectivity index (χ0v) is 18.2. The molecule has 0 aliphatic rings. The monoisotopic (exact) mass is 503 g/mol. The van der Waals surface area contributed by atoms with E-state index in [1.54, 1.807) is 24.3 Å². The van der Waals surface area contributed by atoms with Crippen LogP contribution in [-0.4, -0.2) is 45.6 Å². The highest BCUT2D eigenvalue weighted by Gasteiger charge is 2.38. The van der Waals surface area contributed by atoms with Crippen LogP contribution in [0.5, 0.6) is 5.75 Å². The quantitative estimate of drug-likeness (QED) is 0.282. The zero-order chi connectivity index (χ0) is 24.3. The van der Waals surface area contributed by atoms with E-state index in [0.29, 0.717) is 5.39 Å². The summed E-state index contributed by atoms with van der Waals surface area (Å²) in [7, 11) is -8.90. The number of oxime groups is 1. The van der Waals surface area contributed by atoms with E-state index in [2.05, 4.69) is 9.44 Å². The predicted octanol–water partition coefficient (Wildman–Crippen LogP) is 3.78. The summed E-state index contributed by atoms with van der Waals surface area (Å²) < 4.78 is 105. The van der Waals surface area contributed by atoms with Gasteiger partial charge >= 0.3 is 16.3 Å². The van der Waals surface area contributed by atoms with E-state index < -0.39 is 50.0 Å². The fraction of sp³-hybridized carbons (Fsp3) is 0.150. The second kappa shape index (κ2) is 9.37. The van der Waals surface area contributed by atoms with Crippen LogP contribution >= 0.6 is 0 Å². The first-order chi connectivity index (χ1) is 15.4. The first-order valence-corrected chi connectivity index (χ1v) is 12.1. The van der Waals surface area contributed by atoms with Gasteiger partial charge in [0.15, 0.2) is 5.71 Å². The van der Waals surface area contributed by atoms with Gasteiger partial charge in [-0.15, -0.1) is 0 Å². The van der Waals surface area contributed by atoms with Crippen molar-refractivity contribution in [3.8, 4) is 5.75 Å². The lowest BCUT2D eigenvalue weighted by Crippen LogP contribution is -2.25. The van der Waals surface area contributed by atoms with Crippen LogP contribution in [0.15, 0.2) is 76.8 Å². The lowest BCUT2D eigenvalue weighted by molar-refractivity contribution is -0.0597. The average molecular weight is 503 g/mol. The molecule has 33 heavy (non-hydrogen) atoms. The molecule has 0 aliphatic carbocycles. The fourth-order valence-electron chi connectivity index (χ4n) is 2.69. The number of benzene rings is 3. The SMILES string of the molecule is O=S(=O)(O)CCOc1ccc(/C(=N/OS(=O)(=O)c2ccc3ccccc3c2)C(F)(F)F)cc1. The van der Waals surface area contributed by atoms with Crippen LogP contribution in [0.25, 0.3) is 10.8 Å². The molecule has 0 heterocycles. The predicted molar refractivity (Wildman–Crippen MR) is 113 cm³/mol. The summed E-state index contributed by atoms with van der Waals surface area (Å²) in [6.45, 7) is -0.425. The summed E-state index contributed by atoms with van der Waals surface area (Å²) in [5.41, 5.74) is -2.12. The molecular formula is C20H16F3NO7S2. The van der Waals surface area contributed by atoms with Crippen LogP contribution in [0.1, 0.15) is 5.56 Å². The molecule has 0 fully saturated rings. The van der Waals surface area contributed by atoms with Crippen LogP contribution in [0.4, 0.5) is 13.2 Å². The Labute approximate surface area is 187 Å². The lowest BCUT2D eigenvalue weighted by atomic mass is 10.1. The van der Waals surface area contributed by atoms with Gasteiger partial charge in [-0.1, -0.05) is 35.5 Å². The topological polar surface area (TPSA) is 119 Å². The molecule has 8 nitrogen and oxygen atoms in total. The maximum atomic E-state index is 13.5. The van der Waals surface area contributed by atoms with Gasteiger partial charge in [0, 0.05) is 5.56 Å². The van der Waals surface area contributed by atoms with E-state index in [1.165, 1.54) is 18.2 Å². The van der Waals surface area contributed by atoms with Crippen molar-refractivity contribution in [2.75, 3.05) is 12.4 Å². The molecule has 1 N–H and O–H groups in total. The minimum atomic E-state index is -5.05. The summed E-state index contributed by atoms with van der Waals surface area (Å²) in [4.78, 5) is -0.367. The highest BCUT2D eigenvalue weighted by atomic mass is 32.2. The first kappa shape index (κ1) is 24.5. The maximum absolute atomic E-state index is 13.5. The Kier molecular flexibility index (Phi) is 6.95. The number of halogens is 3. The smallest absolute Gasteiger partial charge is 0.437 e. The number of fused-ring (bicyclic) bond motifs is 1. The van der Waals surface area contributed by atoms with Crippen molar-refractivity contribution in [2.24, 2.45) is 5.16 Å². The Balaban J connectivity index is 1.82. The Morgan fingerprint density at radius 1 is 0.909 bits per heavy atom. The molecule has 0 aliphatic heterocycles. The van der Waals surface area contributed by atoms with E-state index in [1.807, 2.05) is 0 Å². The van der Waals surface area contributed by atoms with Crippen LogP contribution in [0, 0.1) is 0 Å². The standard InChI is InChI=1S/C20H16F3NO7S2/c21-20(22,23)19(15-5-8-17(9-6-15)30-11-12-32(25,26)27)24-31-33(28,29)18-10-7-14-3-1-2-4-16(14)13-18/h1-10,13H,11-12H2,(H,25,26,27)/b24-19-. The van der Waals surface area contributed by atoms with Crippen molar-refractivity contribution >= 4 is 36.7 Å². The van der Waals surface area contributed by atoms with Gasteiger partial charge in [-0.2, -0.15) is 30.0 Å². The summed E-state index contributed by atoms with van der Waals surface area (Å²) in [6.07, 6.45) is -5.05. The highest BCUT2D eigenvalue weighted by Crippen LogP contribution is 2.26. The molecule has 0 amide bonds. The third-order valence-corrected chi connectivity index (χ3v) is 6.03. The molecule has 0 aromatic heterocycles. The molecule has 0 unspecified atom stereocenters. The number of rotatable bonds is 8. The van der Waals surface area contributed by atoms with Gasteiger partial charge in [0.25, 0.3) is 10.1 Å². The normalized spacial score (nSPS) is 13.2. The van der Waals surface area contributed by atoms with Gasteiger partial charge in [-0.3, -0.25) is 8.84 Å². The van der Waals surface area contributed by atoms with Gasteiger partial charge in [0.2, 0.25) is 0 Å². The average Bonchev–Trinajstić information content (AvgIpc) is 2.72. The number of ether oxygens (including phenoxy) is 1. The van der Waals surface area contributed by atoms with Gasteiger partial charge in [0.1, 0.15) is 23.0 Å². The van der Waals surface area contributed by atoms with E-state index in [4.69, 9.17) is 9.29 Å². The summed E-state index contributed by atoms with van der Waals surface area (Å²) in [6, 6.07) is 14.8. The van der Waals surface area contributed by atoms with Crippen LogP contribution < -0.4 is 4.74 Å². The van der Waals surface area contributed by atoms with Crippen LogP contribution in [0.2, 0.25) is 0 Å². The molecule has 13 heteroatoms. The van der Waals surface area contributed by atoms with Gasteiger partial charge in [0.05, 0.1) is 0 Å². The molecule has 0 bridgehead atoms. The first-order valence-electron chi connectivity index (χ1n) is 9.11. The lowest BCUT2D eigenvalue weighted by Gasteiger charge is -2.11. The second-order valence-corrected chi connectivity index (χ2v) is 9.73. The number of nitrogens with zero attached hydrogens (tertiary/aromatic N) is 1. The molecule has 3 aromatic carbocycles. The maximum Gasteiger partial charge on any atom is 0.437 e. The van der Waals surface area contributed by atoms with Gasteiger partial charge < -0.3 is 4.74 Å². The Hall–Kier alpha value is -3.16. The molecule has 3 aromatic rings. The fourth-order valence-corrected chi connectivity index (χ4v) is 3.75. The number of hydrogen-bond donors (Lipinski definition) is 1. The molecule has 3 rings (SSSR count). The molecule has 176 valence electrons. The minimum Gasteiger partial charge on any atom is -0.492 e. The van der Waals surface area contributed by atoms with E-state index in [0.717, 1.165) is 29.7 Å². The molecule has 0 spiro atoms. The Morgan fingerprint density at radius 2 is 1.55 bits per heavy atom. The van der Waals surface area contributed by atoms with E-state index in [-0.39, 0.29) is 10.6 Å². The second-order valence-electron chi connectivity index (χ2n) is 6.63. The van der Waals surface area contributed by atoms with Crippen molar-refractivity contribution < 1.29 is 43.6 Å². The zero-order valence-electron chi connectivity index (χ0n) is 16.6. The number of hydrogen-bond acceptors (Lipinski definition) is 7. The van der Waals surface area contributed by atoms with Crippen molar-refractivity contribution in [3.63, 3.8) is 0 Å². The van der Waals surface area contributed by atoms with Crippen molar-refractivity contribution in [1.29, 1.82) is 0 Å². The largest absolute Gasteiger partial charge is 0.492 e. The number of alkyl halides is 3. The minimum absolute atomic E-state index is 0.0219. The van der Waals surface area contributed by atoms with Crippen molar-refractivity contribution in [3.05, 3.63) is 72.3 Å². The van der Waals surface area contributed by atoms with E-state index in [9.17, 15) is 30.0 Å². The summed E-state index contributed by atoms with van der Waals surface area (Å²) in [5, 5.41) is 4.15.